The quantitative estimate of drug-likeness (QED) is 0.578. The molecule has 0 N–H and O–H groups in total. The van der Waals surface area contributed by atoms with Gasteiger partial charge in [-0.15, -0.1) is 0 Å². The smallest absolute Gasteiger partial charge is 0.410 e. The molecule has 1 amide bonds. The number of para-hydroxylation sites is 1. The molecule has 6 nitrogen and oxygen atoms in total. The van der Waals surface area contributed by atoms with Crippen LogP contribution in [0.3, 0.4) is 0 Å². The fourth-order valence-corrected chi connectivity index (χ4v) is 5.46. The van der Waals surface area contributed by atoms with Crippen molar-refractivity contribution in [3.05, 3.63) is 65.1 Å². The molecule has 4 rings (SSSR count). The van der Waals surface area contributed by atoms with Crippen LogP contribution >= 0.6 is 0 Å². The number of amides is 1. The van der Waals surface area contributed by atoms with Gasteiger partial charge in [-0.05, 0) is 57.9 Å². The standard InChI is InChI=1S/C23H25FN2O4S/c1-15-8-10-16(11-9-15)31(28,29)26-20-14-25(22(27)30-23(2,3)4)13-12-17(20)18-6-5-7-19(24)21(18)26/h5-11H,12-14H2,1-4H3. The summed E-state index contributed by atoms with van der Waals surface area (Å²) < 4.78 is 48.7. The molecule has 0 fully saturated rings. The third kappa shape index (κ3) is 3.80. The highest BCUT2D eigenvalue weighted by Gasteiger charge is 2.34. The number of benzene rings is 2. The molecular formula is C23H25FN2O4S. The molecule has 31 heavy (non-hydrogen) atoms. The van der Waals surface area contributed by atoms with Crippen LogP contribution in [-0.2, 0) is 27.7 Å². The average Bonchev–Trinajstić information content (AvgIpc) is 3.03. The lowest BCUT2D eigenvalue weighted by Crippen LogP contribution is -2.40. The van der Waals surface area contributed by atoms with Crippen molar-refractivity contribution < 1.29 is 22.3 Å². The molecule has 2 heterocycles. The molecule has 1 aromatic heterocycles. The average molecular weight is 445 g/mol. The molecule has 3 aromatic rings. The summed E-state index contributed by atoms with van der Waals surface area (Å²) in [6.45, 7) is 7.56. The molecule has 0 saturated carbocycles. The van der Waals surface area contributed by atoms with Gasteiger partial charge in [-0.2, -0.15) is 0 Å². The Morgan fingerprint density at radius 1 is 1.10 bits per heavy atom. The normalized spacial score (nSPS) is 14.5. The Kier molecular flexibility index (Phi) is 5.08. The van der Waals surface area contributed by atoms with Crippen LogP contribution in [0.25, 0.3) is 10.9 Å². The second-order valence-corrected chi connectivity index (χ2v) is 10.6. The number of hydrogen-bond donors (Lipinski definition) is 0. The van der Waals surface area contributed by atoms with E-state index in [1.165, 1.54) is 23.1 Å². The second kappa shape index (κ2) is 7.37. The minimum Gasteiger partial charge on any atom is -0.444 e. The van der Waals surface area contributed by atoms with Crippen LogP contribution < -0.4 is 0 Å². The van der Waals surface area contributed by atoms with Gasteiger partial charge in [0, 0.05) is 11.9 Å². The zero-order chi connectivity index (χ0) is 22.6. The summed E-state index contributed by atoms with van der Waals surface area (Å²) >= 11 is 0. The number of aromatic nitrogens is 1. The van der Waals surface area contributed by atoms with E-state index in [4.69, 9.17) is 4.74 Å². The first-order chi connectivity index (χ1) is 14.5. The van der Waals surface area contributed by atoms with Crippen LogP contribution in [0.4, 0.5) is 9.18 Å². The molecule has 164 valence electrons. The van der Waals surface area contributed by atoms with E-state index in [1.54, 1.807) is 45.0 Å². The van der Waals surface area contributed by atoms with Gasteiger partial charge < -0.3 is 9.64 Å². The molecular weight excluding hydrogens is 419 g/mol. The maximum Gasteiger partial charge on any atom is 0.410 e. The van der Waals surface area contributed by atoms with Gasteiger partial charge in [0.2, 0.25) is 0 Å². The second-order valence-electron chi connectivity index (χ2n) is 8.80. The molecule has 0 bridgehead atoms. The van der Waals surface area contributed by atoms with E-state index in [-0.39, 0.29) is 17.0 Å². The number of fused-ring (bicyclic) bond motifs is 3. The van der Waals surface area contributed by atoms with Gasteiger partial charge >= 0.3 is 6.09 Å². The van der Waals surface area contributed by atoms with Crippen molar-refractivity contribution in [1.82, 2.24) is 8.87 Å². The fraction of sp³-hybridized carbons (Fsp3) is 0.348. The number of carbonyl (C=O) groups is 1. The molecule has 0 saturated heterocycles. The number of carbonyl (C=O) groups excluding carboxylic acids is 1. The summed E-state index contributed by atoms with van der Waals surface area (Å²) in [5, 5.41) is 0.550. The van der Waals surface area contributed by atoms with E-state index in [1.807, 2.05) is 6.92 Å². The number of rotatable bonds is 2. The van der Waals surface area contributed by atoms with Crippen molar-refractivity contribution in [2.24, 2.45) is 0 Å². The first kappa shape index (κ1) is 21.4. The van der Waals surface area contributed by atoms with Crippen molar-refractivity contribution in [1.29, 1.82) is 0 Å². The predicted octanol–water partition coefficient (Wildman–Crippen LogP) is 4.62. The van der Waals surface area contributed by atoms with Crippen LogP contribution in [0, 0.1) is 12.7 Å². The largest absolute Gasteiger partial charge is 0.444 e. The molecule has 0 atom stereocenters. The monoisotopic (exact) mass is 444 g/mol. The summed E-state index contributed by atoms with van der Waals surface area (Å²) in [6.07, 6.45) is -0.117. The lowest BCUT2D eigenvalue weighted by Gasteiger charge is -2.30. The SMILES string of the molecule is Cc1ccc(S(=O)(=O)n2c3c(c4cccc(F)c42)CCN(C(=O)OC(C)(C)C)C3)cc1. The Bertz CT molecular complexity index is 1270. The number of aryl methyl sites for hydroxylation is 1. The van der Waals surface area contributed by atoms with Crippen molar-refractivity contribution in [3.63, 3.8) is 0 Å². The Hall–Kier alpha value is -2.87. The summed E-state index contributed by atoms with van der Waals surface area (Å²) in [5.41, 5.74) is 1.38. The van der Waals surface area contributed by atoms with Crippen molar-refractivity contribution in [3.8, 4) is 0 Å². The first-order valence-electron chi connectivity index (χ1n) is 10.1. The van der Waals surface area contributed by atoms with E-state index in [2.05, 4.69) is 0 Å². The van der Waals surface area contributed by atoms with Gasteiger partial charge in [0.25, 0.3) is 10.0 Å². The van der Waals surface area contributed by atoms with Crippen molar-refractivity contribution in [2.75, 3.05) is 6.54 Å². The molecule has 8 heteroatoms. The van der Waals surface area contributed by atoms with Crippen molar-refractivity contribution >= 4 is 27.0 Å². The minimum atomic E-state index is -4.09. The highest BCUT2D eigenvalue weighted by atomic mass is 32.2. The third-order valence-corrected chi connectivity index (χ3v) is 7.04. The van der Waals surface area contributed by atoms with E-state index >= 15 is 0 Å². The molecule has 0 spiro atoms. The van der Waals surface area contributed by atoms with Gasteiger partial charge in [-0.3, -0.25) is 0 Å². The zero-order valence-electron chi connectivity index (χ0n) is 18.0. The summed E-state index contributed by atoms with van der Waals surface area (Å²) in [4.78, 5) is 14.2. The lowest BCUT2D eigenvalue weighted by molar-refractivity contribution is 0.0221. The van der Waals surface area contributed by atoms with E-state index in [0.29, 0.717) is 24.0 Å². The van der Waals surface area contributed by atoms with Crippen LogP contribution in [0.2, 0.25) is 0 Å². The lowest BCUT2D eigenvalue weighted by atomic mass is 10.0. The molecule has 0 radical (unpaired) electrons. The Morgan fingerprint density at radius 2 is 1.77 bits per heavy atom. The summed E-state index contributed by atoms with van der Waals surface area (Å²) in [6, 6.07) is 11.0. The minimum absolute atomic E-state index is 0.0131. The van der Waals surface area contributed by atoms with Crippen molar-refractivity contribution in [2.45, 2.75) is 51.2 Å². The number of hydrogen-bond acceptors (Lipinski definition) is 4. The number of ether oxygens (including phenoxy) is 1. The maximum absolute atomic E-state index is 14.9. The Morgan fingerprint density at radius 3 is 2.42 bits per heavy atom. The van der Waals surface area contributed by atoms with Gasteiger partial charge in [0.05, 0.1) is 17.1 Å². The van der Waals surface area contributed by atoms with Crippen LogP contribution in [0.15, 0.2) is 47.4 Å². The Labute approximate surface area is 181 Å². The predicted molar refractivity (Wildman–Crippen MR) is 116 cm³/mol. The number of nitrogens with zero attached hydrogens (tertiary/aromatic N) is 2. The molecule has 1 aliphatic rings. The topological polar surface area (TPSA) is 68.6 Å². The van der Waals surface area contributed by atoms with Gasteiger partial charge in [0.15, 0.2) is 0 Å². The molecule has 0 unspecified atom stereocenters. The van der Waals surface area contributed by atoms with Crippen LogP contribution in [-0.4, -0.2) is 35.5 Å². The van der Waals surface area contributed by atoms with Gasteiger partial charge in [-0.1, -0.05) is 29.8 Å². The highest BCUT2D eigenvalue weighted by Crippen LogP contribution is 2.35. The summed E-state index contributed by atoms with van der Waals surface area (Å²) in [5.74, 6) is -0.619. The zero-order valence-corrected chi connectivity index (χ0v) is 18.8. The molecule has 2 aromatic carbocycles. The van der Waals surface area contributed by atoms with Gasteiger partial charge in [0.1, 0.15) is 16.9 Å². The van der Waals surface area contributed by atoms with E-state index in [9.17, 15) is 17.6 Å². The fourth-order valence-electron chi connectivity index (χ4n) is 3.89. The summed E-state index contributed by atoms with van der Waals surface area (Å²) in [7, 11) is -4.09. The highest BCUT2D eigenvalue weighted by molar-refractivity contribution is 7.90. The number of halogens is 1. The first-order valence-corrected chi connectivity index (χ1v) is 11.5. The third-order valence-electron chi connectivity index (χ3n) is 5.29. The van der Waals surface area contributed by atoms with Gasteiger partial charge in [-0.25, -0.2) is 21.6 Å². The van der Waals surface area contributed by atoms with E-state index < -0.39 is 27.5 Å². The van der Waals surface area contributed by atoms with Crippen LogP contribution in [0.5, 0.6) is 0 Å². The maximum atomic E-state index is 14.9. The van der Waals surface area contributed by atoms with E-state index in [0.717, 1.165) is 15.1 Å². The molecule has 0 aliphatic carbocycles. The molecule has 1 aliphatic heterocycles. The Balaban J connectivity index is 1.89. The van der Waals surface area contributed by atoms with Crippen LogP contribution in [0.1, 0.15) is 37.6 Å².